The fourth-order valence-electron chi connectivity index (χ4n) is 8.71. The second kappa shape index (κ2) is 26.1. The van der Waals surface area contributed by atoms with Gasteiger partial charge in [-0.1, -0.05) is 178 Å². The number of ether oxygens (including phenoxy) is 7. The molecule has 2 aliphatic rings. The van der Waals surface area contributed by atoms with Crippen LogP contribution in [0.5, 0.6) is 0 Å². The fraction of sp³-hybridized carbons (Fsp3) is 0.379. The minimum Gasteiger partial charge on any atom is -0.391 e. The average molecular weight is 1100 g/mol. The number of aliphatic hydroxyl groups is 1. The first-order chi connectivity index (χ1) is 36.5. The highest BCUT2D eigenvalue weighted by Crippen LogP contribution is 2.41. The van der Waals surface area contributed by atoms with Gasteiger partial charge in [0.15, 0.2) is 20.9 Å². The van der Waals surface area contributed by atoms with Crippen molar-refractivity contribution in [3.05, 3.63) is 204 Å². The Labute approximate surface area is 449 Å². The molecule has 0 aliphatic carbocycles. The Kier molecular flexibility index (Phi) is 19.6. The van der Waals surface area contributed by atoms with E-state index in [0.29, 0.717) is 0 Å². The van der Waals surface area contributed by atoms with Crippen molar-refractivity contribution in [1.29, 1.82) is 0 Å². The molecule has 0 aromatic heterocycles. The minimum atomic E-state index is -4.40. The largest absolute Gasteiger partial charge is 0.391 e. The summed E-state index contributed by atoms with van der Waals surface area (Å²) >= 11 is 0. The zero-order valence-corrected chi connectivity index (χ0v) is 46.1. The average Bonchev–Trinajstić information content (AvgIpc) is 3.43. The predicted octanol–water partition coefficient (Wildman–Crippen LogP) is 8.50. The Morgan fingerprint density at radius 1 is 0.487 bits per heavy atom. The third-order valence-corrected chi connectivity index (χ3v) is 21.3. The van der Waals surface area contributed by atoms with Crippen molar-refractivity contribution in [3.63, 3.8) is 0 Å². The first kappa shape index (κ1) is 57.2. The summed E-state index contributed by atoms with van der Waals surface area (Å²) in [6.45, 7) is 10.3. The Morgan fingerprint density at radius 2 is 0.842 bits per heavy atom. The highest BCUT2D eigenvalue weighted by molar-refractivity contribution is 7.89. The van der Waals surface area contributed by atoms with E-state index in [-0.39, 0.29) is 54.5 Å². The number of benzene rings is 6. The molecule has 6 aromatic carbocycles. The van der Waals surface area contributed by atoms with Crippen LogP contribution >= 0.6 is 0 Å². The Hall–Kier alpha value is -5.00. The number of aliphatic hydroxyl groups excluding tert-OH is 1. The molecule has 18 heteroatoms. The zero-order chi connectivity index (χ0) is 53.8. The molecule has 0 saturated carbocycles. The molecular formula is C58H70N2O13S2Si. The Bertz CT molecular complexity index is 2910. The molecule has 0 bridgehead atoms. The molecule has 6 aromatic rings. The van der Waals surface area contributed by atoms with Gasteiger partial charge in [0.25, 0.3) is 0 Å². The summed E-state index contributed by atoms with van der Waals surface area (Å²) in [6.07, 6.45) is -10.5. The van der Waals surface area contributed by atoms with Crippen LogP contribution in [-0.2, 0) is 84.1 Å². The molecule has 2 aliphatic heterocycles. The normalized spacial score (nSPS) is 24.5. The maximum absolute atomic E-state index is 14.7. The molecule has 2 fully saturated rings. The van der Waals surface area contributed by atoms with Crippen molar-refractivity contribution in [2.24, 2.45) is 0 Å². The molecule has 15 nitrogen and oxygen atoms in total. The van der Waals surface area contributed by atoms with Crippen molar-refractivity contribution in [2.75, 3.05) is 13.2 Å². The van der Waals surface area contributed by atoms with Crippen molar-refractivity contribution < 1.29 is 59.5 Å². The first-order valence-electron chi connectivity index (χ1n) is 25.5. The lowest BCUT2D eigenvalue weighted by molar-refractivity contribution is -0.334. The molecule has 406 valence electrons. The van der Waals surface area contributed by atoms with Gasteiger partial charge in [0.05, 0.1) is 49.4 Å². The van der Waals surface area contributed by atoms with Crippen LogP contribution in [0, 0.1) is 0 Å². The van der Waals surface area contributed by atoms with Crippen molar-refractivity contribution in [2.45, 2.75) is 136 Å². The third kappa shape index (κ3) is 15.2. The number of sulfonamides is 2. The SMILES string of the molecule is CC(C)(C)[Si](C)(C)O[C@@H]1OC(COCc2ccccc2)[C@H](O[C@@H]2OC(COCc3ccccc3)[C@H](O)[C@H](OCc3ccccc3)C2NS(=O)(=O)c2ccccc2)[C@H](OCc2ccccc2)C1NS(=O)(=O)c1ccccc1. The highest BCUT2D eigenvalue weighted by Gasteiger charge is 2.56. The minimum absolute atomic E-state index is 0.00888. The fourth-order valence-corrected chi connectivity index (χ4v) is 12.4. The molecule has 2 heterocycles. The number of hydrogen-bond donors (Lipinski definition) is 3. The summed E-state index contributed by atoms with van der Waals surface area (Å²) in [4.78, 5) is -0.0676. The van der Waals surface area contributed by atoms with Gasteiger partial charge in [-0.15, -0.1) is 0 Å². The van der Waals surface area contributed by atoms with E-state index < -0.39 is 89.7 Å². The number of nitrogens with one attached hydrogen (secondary N) is 2. The van der Waals surface area contributed by atoms with Crippen LogP contribution < -0.4 is 9.44 Å². The maximum atomic E-state index is 14.7. The standard InChI is InChI=1S/C58H70N2O13S2Si/c1-58(2,3)76(4,5)73-57-51(60-75(64,65)47-34-22-11-23-35-47)55(69-39-45-30-18-9-19-31-45)53(49(71-57)41-67-37-43-26-14-7-15-27-43)72-56-50(59-74(62,63)46-32-20-10-21-33-46)54(68-38-44-28-16-8-17-29-44)52(61)48(70-56)40-66-36-42-24-12-6-13-25-42/h6-35,48-57,59-61H,36-41H2,1-5H3/t48?,49?,50?,51?,52-,53-,54+,55+,56-,57-/m0/s1. The Morgan fingerprint density at radius 3 is 1.26 bits per heavy atom. The van der Waals surface area contributed by atoms with E-state index >= 15 is 0 Å². The monoisotopic (exact) mass is 1090 g/mol. The van der Waals surface area contributed by atoms with Crippen LogP contribution in [0.2, 0.25) is 18.1 Å². The van der Waals surface area contributed by atoms with Crippen molar-refractivity contribution in [1.82, 2.24) is 9.44 Å². The summed E-state index contributed by atoms with van der Waals surface area (Å²) in [5.74, 6) is 0. The van der Waals surface area contributed by atoms with E-state index in [2.05, 4.69) is 30.2 Å². The lowest BCUT2D eigenvalue weighted by Gasteiger charge is -2.51. The lowest BCUT2D eigenvalue weighted by Crippen LogP contribution is -2.70. The quantitative estimate of drug-likeness (QED) is 0.0491. The number of hydrogen-bond acceptors (Lipinski definition) is 13. The van der Waals surface area contributed by atoms with Gasteiger partial charge in [0.2, 0.25) is 20.0 Å². The van der Waals surface area contributed by atoms with Gasteiger partial charge in [-0.25, -0.2) is 26.3 Å². The van der Waals surface area contributed by atoms with E-state index in [1.54, 1.807) is 36.4 Å². The maximum Gasteiger partial charge on any atom is 0.241 e. The van der Waals surface area contributed by atoms with Gasteiger partial charge in [0.1, 0.15) is 48.7 Å². The van der Waals surface area contributed by atoms with E-state index in [9.17, 15) is 21.9 Å². The molecule has 0 radical (unpaired) electrons. The van der Waals surface area contributed by atoms with Crippen LogP contribution in [0.1, 0.15) is 43.0 Å². The topological polar surface area (TPSA) is 186 Å². The molecule has 8 rings (SSSR count). The van der Waals surface area contributed by atoms with Gasteiger partial charge < -0.3 is 42.7 Å². The van der Waals surface area contributed by atoms with Gasteiger partial charge in [0, 0.05) is 0 Å². The molecule has 3 N–H and O–H groups in total. The van der Waals surface area contributed by atoms with Gasteiger partial charge in [-0.3, -0.25) is 0 Å². The number of rotatable bonds is 24. The molecule has 4 unspecified atom stereocenters. The molecule has 76 heavy (non-hydrogen) atoms. The second-order valence-corrected chi connectivity index (χ2v) is 28.7. The molecular weight excluding hydrogens is 1020 g/mol. The third-order valence-electron chi connectivity index (χ3n) is 13.9. The van der Waals surface area contributed by atoms with Crippen molar-refractivity contribution in [3.8, 4) is 0 Å². The van der Waals surface area contributed by atoms with Crippen LogP contribution in [0.3, 0.4) is 0 Å². The predicted molar refractivity (Wildman–Crippen MR) is 290 cm³/mol. The van der Waals surface area contributed by atoms with Gasteiger partial charge >= 0.3 is 0 Å². The highest BCUT2D eigenvalue weighted by atomic mass is 32.2. The summed E-state index contributed by atoms with van der Waals surface area (Å²) in [5.41, 5.74) is 3.28. The summed E-state index contributed by atoms with van der Waals surface area (Å²) in [7, 11) is -11.5. The second-order valence-electron chi connectivity index (χ2n) is 20.5. The van der Waals surface area contributed by atoms with Gasteiger partial charge in [-0.2, -0.15) is 0 Å². The van der Waals surface area contributed by atoms with E-state index in [0.717, 1.165) is 22.3 Å². The lowest BCUT2D eigenvalue weighted by atomic mass is 9.95. The first-order valence-corrected chi connectivity index (χ1v) is 31.4. The molecule has 2 saturated heterocycles. The summed E-state index contributed by atoms with van der Waals surface area (Å²) < 4.78 is 119. The molecule has 0 amide bonds. The van der Waals surface area contributed by atoms with Crippen LogP contribution in [0.4, 0.5) is 0 Å². The smallest absolute Gasteiger partial charge is 0.241 e. The molecule has 10 atom stereocenters. The van der Waals surface area contributed by atoms with Gasteiger partial charge in [-0.05, 0) is 64.7 Å². The van der Waals surface area contributed by atoms with E-state index in [1.165, 1.54) is 24.3 Å². The van der Waals surface area contributed by atoms with Crippen LogP contribution in [0.25, 0.3) is 0 Å². The van der Waals surface area contributed by atoms with Crippen LogP contribution in [0.15, 0.2) is 192 Å². The molecule has 0 spiro atoms. The van der Waals surface area contributed by atoms with E-state index in [4.69, 9.17) is 37.6 Å². The van der Waals surface area contributed by atoms with E-state index in [1.807, 2.05) is 134 Å². The Balaban J connectivity index is 1.26. The summed E-state index contributed by atoms with van der Waals surface area (Å²) in [5, 5.41) is 12.0. The zero-order valence-electron chi connectivity index (χ0n) is 43.5. The van der Waals surface area contributed by atoms with Crippen LogP contribution in [-0.4, -0.2) is 105 Å². The van der Waals surface area contributed by atoms with Crippen molar-refractivity contribution >= 4 is 28.4 Å². The summed E-state index contributed by atoms with van der Waals surface area (Å²) in [6, 6.07) is 50.8.